The zero-order chi connectivity index (χ0) is 28.6. The van der Waals surface area contributed by atoms with E-state index in [9.17, 15) is 27.6 Å². The smallest absolute Gasteiger partial charge is 0.399 e. The minimum atomic E-state index is -4.52. The number of ketones is 1. The van der Waals surface area contributed by atoms with E-state index in [4.69, 9.17) is 4.74 Å². The summed E-state index contributed by atoms with van der Waals surface area (Å²) in [6.07, 6.45) is 2.23. The molecule has 1 N–H and O–H groups in total. The van der Waals surface area contributed by atoms with Gasteiger partial charge in [-0.1, -0.05) is 43.4 Å². The Kier molecular flexibility index (Phi) is 7.71. The van der Waals surface area contributed by atoms with Crippen molar-refractivity contribution in [1.82, 2.24) is 19.5 Å². The lowest BCUT2D eigenvalue weighted by Crippen LogP contribution is -2.53. The number of Topliss-reactive ketones (excluding diaryl/α,β-unsaturated/α-hetero) is 1. The fraction of sp³-hybridized carbons (Fsp3) is 0.370. The Hall–Kier alpha value is -3.68. The number of rotatable bonds is 7. The number of carbonyl (C=O) groups excluding carboxylic acids is 4. The van der Waals surface area contributed by atoms with E-state index in [1.54, 1.807) is 6.07 Å². The Balaban J connectivity index is 1.31. The van der Waals surface area contributed by atoms with E-state index in [2.05, 4.69) is 10.3 Å². The predicted octanol–water partition coefficient (Wildman–Crippen LogP) is 2.82. The Labute approximate surface area is 235 Å². The van der Waals surface area contributed by atoms with Crippen LogP contribution in [0.1, 0.15) is 37.0 Å². The highest BCUT2D eigenvalue weighted by atomic mass is 32.2. The minimum Gasteiger partial charge on any atom is -0.399 e. The van der Waals surface area contributed by atoms with Gasteiger partial charge in [-0.3, -0.25) is 19.4 Å². The second-order valence-corrected chi connectivity index (χ2v) is 13.0. The van der Waals surface area contributed by atoms with Gasteiger partial charge in [0.25, 0.3) is 15.1 Å². The van der Waals surface area contributed by atoms with Crippen LogP contribution in [0.15, 0.2) is 54.9 Å². The van der Waals surface area contributed by atoms with Crippen LogP contribution >= 0.6 is 11.3 Å². The third-order valence-corrected chi connectivity index (χ3v) is 9.71. The maximum absolute atomic E-state index is 13.7. The molecule has 11 nitrogen and oxygen atoms in total. The largest absolute Gasteiger partial charge is 0.414 e. The van der Waals surface area contributed by atoms with Crippen LogP contribution < -0.4 is 10.1 Å². The molecule has 40 heavy (non-hydrogen) atoms. The molecule has 2 saturated heterocycles. The van der Waals surface area contributed by atoms with Crippen molar-refractivity contribution in [1.29, 1.82) is 0 Å². The molecule has 210 valence electrons. The second kappa shape index (κ2) is 11.1. The minimum absolute atomic E-state index is 0.0187. The number of thiophene rings is 1. The summed E-state index contributed by atoms with van der Waals surface area (Å²) in [6, 6.07) is 9.20. The quantitative estimate of drug-likeness (QED) is 0.447. The molecule has 0 bridgehead atoms. The fourth-order valence-electron chi connectivity index (χ4n) is 5.24. The lowest BCUT2D eigenvalue weighted by molar-refractivity contribution is -0.138. The number of likely N-dealkylation sites (tertiary alicyclic amines) is 1. The number of nitrogens with one attached hydrogen (secondary N) is 1. The van der Waals surface area contributed by atoms with Crippen molar-refractivity contribution in [3.8, 4) is 5.06 Å². The molecule has 0 radical (unpaired) electrons. The van der Waals surface area contributed by atoms with Crippen LogP contribution in [0, 0.1) is 5.92 Å². The Bertz CT molecular complexity index is 1540. The van der Waals surface area contributed by atoms with E-state index < -0.39 is 57.6 Å². The lowest BCUT2D eigenvalue weighted by Gasteiger charge is -2.28. The second-order valence-electron chi connectivity index (χ2n) is 10.2. The topological polar surface area (TPSA) is 143 Å². The van der Waals surface area contributed by atoms with Crippen LogP contribution in [-0.4, -0.2) is 76.7 Å². The van der Waals surface area contributed by atoms with Gasteiger partial charge in [0, 0.05) is 29.7 Å². The Morgan fingerprint density at radius 1 is 1.18 bits per heavy atom. The van der Waals surface area contributed by atoms with Crippen LogP contribution in [-0.2, 0) is 19.6 Å². The number of amides is 2. The number of hydrogen-bond acceptors (Lipinski definition) is 9. The Morgan fingerprint density at radius 2 is 1.95 bits per heavy atom. The molecule has 3 aromatic rings. The molecule has 2 aliphatic rings. The van der Waals surface area contributed by atoms with Gasteiger partial charge >= 0.3 is 6.09 Å². The maximum atomic E-state index is 13.7. The van der Waals surface area contributed by atoms with Crippen molar-refractivity contribution >= 4 is 54.3 Å². The van der Waals surface area contributed by atoms with Gasteiger partial charge in [-0.25, -0.2) is 13.2 Å². The zero-order valence-electron chi connectivity index (χ0n) is 21.8. The third-order valence-electron chi connectivity index (χ3n) is 6.99. The molecule has 1 aromatic carbocycles. The highest BCUT2D eigenvalue weighted by Gasteiger charge is 2.55. The number of pyridine rings is 1. The first-order valence-corrected chi connectivity index (χ1v) is 15.1. The molecule has 5 rings (SSSR count). The van der Waals surface area contributed by atoms with Gasteiger partial charge in [0.05, 0.1) is 18.2 Å². The summed E-state index contributed by atoms with van der Waals surface area (Å²) < 4.78 is 33.7. The summed E-state index contributed by atoms with van der Waals surface area (Å²) >= 11 is 1.30. The van der Waals surface area contributed by atoms with Crippen molar-refractivity contribution in [2.75, 3.05) is 13.1 Å². The van der Waals surface area contributed by atoms with E-state index in [0.717, 1.165) is 20.6 Å². The fourth-order valence-corrected chi connectivity index (χ4v) is 7.66. The third kappa shape index (κ3) is 5.36. The molecule has 2 fully saturated rings. The van der Waals surface area contributed by atoms with E-state index in [1.807, 2.05) is 38.1 Å². The number of benzene rings is 1. The number of aromatic nitrogens is 1. The molecule has 0 aliphatic carbocycles. The number of nitrogens with zero attached hydrogens (tertiary/aromatic N) is 3. The molecule has 13 heteroatoms. The summed E-state index contributed by atoms with van der Waals surface area (Å²) in [6.45, 7) is 3.38. The predicted molar refractivity (Wildman–Crippen MR) is 147 cm³/mol. The maximum Gasteiger partial charge on any atom is 0.414 e. The first-order chi connectivity index (χ1) is 19.1. The van der Waals surface area contributed by atoms with Crippen LogP contribution in [0.5, 0.6) is 5.06 Å². The molecule has 2 amide bonds. The SMILES string of the molecule is CC(C)CC(NC(=O)Oc1cc2ccccc2s1)C(=O)N1CCC2C1C(=O)CN2S(=O)(=O)C(=O)c1cccnc1. The number of ether oxygens (including phenoxy) is 1. The normalized spacial score (nSPS) is 20.1. The van der Waals surface area contributed by atoms with Crippen molar-refractivity contribution in [3.05, 3.63) is 60.4 Å². The zero-order valence-corrected chi connectivity index (χ0v) is 23.5. The van der Waals surface area contributed by atoms with Gasteiger partial charge in [-0.05, 0) is 42.3 Å². The standard InChI is InChI=1S/C27H28N4O7S2/c1-16(2)12-19(29-27(35)38-23-13-17-6-3-4-8-22(17)39-23)25(33)30-11-9-20-24(30)21(32)15-31(20)40(36,37)26(34)18-7-5-10-28-14-18/h3-8,10,13-14,16,19-20,24H,9,11-12,15H2,1-2H3,(H,29,35). The molecule has 2 aliphatic heterocycles. The average molecular weight is 585 g/mol. The number of hydrogen-bond donors (Lipinski definition) is 1. The van der Waals surface area contributed by atoms with Crippen molar-refractivity contribution in [2.45, 2.75) is 44.8 Å². The first-order valence-electron chi connectivity index (χ1n) is 12.8. The van der Waals surface area contributed by atoms with E-state index in [1.165, 1.54) is 34.6 Å². The highest BCUT2D eigenvalue weighted by Crippen LogP contribution is 2.34. The van der Waals surface area contributed by atoms with Crippen LogP contribution in [0.3, 0.4) is 0 Å². The van der Waals surface area contributed by atoms with Crippen molar-refractivity contribution in [3.63, 3.8) is 0 Å². The summed E-state index contributed by atoms with van der Waals surface area (Å²) in [7, 11) is -4.52. The molecular formula is C27H28N4O7S2. The van der Waals surface area contributed by atoms with Gasteiger partial charge in [-0.15, -0.1) is 0 Å². The van der Waals surface area contributed by atoms with E-state index >= 15 is 0 Å². The molecule has 0 spiro atoms. The molecule has 3 unspecified atom stereocenters. The van der Waals surface area contributed by atoms with Gasteiger partial charge in [0.2, 0.25) is 5.91 Å². The molecule has 0 saturated carbocycles. The molecule has 4 heterocycles. The van der Waals surface area contributed by atoms with Crippen LogP contribution in [0.25, 0.3) is 10.1 Å². The van der Waals surface area contributed by atoms with Gasteiger partial charge in [0.1, 0.15) is 12.1 Å². The van der Waals surface area contributed by atoms with Crippen molar-refractivity contribution < 1.29 is 32.3 Å². The summed E-state index contributed by atoms with van der Waals surface area (Å²) in [4.78, 5) is 57.4. The van der Waals surface area contributed by atoms with Crippen LogP contribution in [0.4, 0.5) is 4.79 Å². The van der Waals surface area contributed by atoms with Crippen molar-refractivity contribution in [2.24, 2.45) is 5.92 Å². The summed E-state index contributed by atoms with van der Waals surface area (Å²) in [5, 5.41) is 2.79. The van der Waals surface area contributed by atoms with E-state index in [-0.39, 0.29) is 30.9 Å². The lowest BCUT2D eigenvalue weighted by atomic mass is 10.0. The molecule has 3 atom stereocenters. The number of carbonyl (C=O) groups is 4. The van der Waals surface area contributed by atoms with Gasteiger partial charge in [-0.2, -0.15) is 4.31 Å². The van der Waals surface area contributed by atoms with Gasteiger partial charge < -0.3 is 15.0 Å². The molecule has 2 aromatic heterocycles. The van der Waals surface area contributed by atoms with Crippen LogP contribution in [0.2, 0.25) is 0 Å². The van der Waals surface area contributed by atoms with Gasteiger partial charge in [0.15, 0.2) is 10.8 Å². The average Bonchev–Trinajstić information content (AvgIpc) is 3.62. The highest BCUT2D eigenvalue weighted by molar-refractivity contribution is 8.04. The number of sulfonamides is 1. The monoisotopic (exact) mass is 584 g/mol. The summed E-state index contributed by atoms with van der Waals surface area (Å²) in [5.74, 6) is -0.958. The summed E-state index contributed by atoms with van der Waals surface area (Å²) in [5.41, 5.74) is -0.109. The molecular weight excluding hydrogens is 556 g/mol. The Morgan fingerprint density at radius 3 is 2.65 bits per heavy atom. The van der Waals surface area contributed by atoms with E-state index in [0.29, 0.717) is 5.06 Å². The first kappa shape index (κ1) is 27.9. The number of fused-ring (bicyclic) bond motifs is 2.